The Morgan fingerprint density at radius 2 is 1.74 bits per heavy atom. The van der Waals surface area contributed by atoms with Crippen molar-refractivity contribution in [1.29, 1.82) is 0 Å². The number of nitrogens with zero attached hydrogens (tertiary/aromatic N) is 4. The van der Waals surface area contributed by atoms with E-state index in [1.165, 1.54) is 0 Å². The summed E-state index contributed by atoms with van der Waals surface area (Å²) >= 11 is 6.30. The molecule has 118 valence electrons. The van der Waals surface area contributed by atoms with Gasteiger partial charge in [-0.3, -0.25) is 4.90 Å². The van der Waals surface area contributed by atoms with Crippen LogP contribution in [0, 0.1) is 0 Å². The van der Waals surface area contributed by atoms with Gasteiger partial charge in [0.1, 0.15) is 5.65 Å². The third kappa shape index (κ3) is 3.05. The molecular formula is C18H19ClN4. The number of pyridine rings is 1. The number of benzene rings is 1. The Morgan fingerprint density at radius 1 is 0.957 bits per heavy atom. The number of aromatic nitrogens is 2. The van der Waals surface area contributed by atoms with Gasteiger partial charge in [0.05, 0.1) is 16.4 Å². The third-order valence-corrected chi connectivity index (χ3v) is 4.68. The molecule has 1 aliphatic heterocycles. The molecule has 0 aliphatic carbocycles. The first-order chi connectivity index (χ1) is 11.3. The van der Waals surface area contributed by atoms with Crippen LogP contribution in [-0.2, 0) is 6.54 Å². The molecule has 0 atom stereocenters. The van der Waals surface area contributed by atoms with Gasteiger partial charge in [-0.2, -0.15) is 0 Å². The number of imidazole rings is 1. The number of fused-ring (bicyclic) bond motifs is 1. The maximum absolute atomic E-state index is 6.30. The summed E-state index contributed by atoms with van der Waals surface area (Å²) in [7, 11) is 0. The van der Waals surface area contributed by atoms with Gasteiger partial charge in [-0.1, -0.05) is 29.8 Å². The summed E-state index contributed by atoms with van der Waals surface area (Å²) in [6.45, 7) is 4.95. The van der Waals surface area contributed by atoms with E-state index in [1.54, 1.807) is 0 Å². The van der Waals surface area contributed by atoms with Crippen molar-refractivity contribution >= 4 is 22.9 Å². The Balaban J connectivity index is 1.41. The van der Waals surface area contributed by atoms with Crippen LogP contribution in [0.3, 0.4) is 0 Å². The van der Waals surface area contributed by atoms with Gasteiger partial charge in [-0.25, -0.2) is 4.98 Å². The molecule has 4 rings (SSSR count). The first kappa shape index (κ1) is 14.5. The number of halogens is 1. The number of para-hydroxylation sites is 1. The van der Waals surface area contributed by atoms with Gasteiger partial charge in [0.15, 0.2) is 0 Å². The fourth-order valence-electron chi connectivity index (χ4n) is 3.15. The highest BCUT2D eigenvalue weighted by Crippen LogP contribution is 2.26. The maximum atomic E-state index is 6.30. The van der Waals surface area contributed by atoms with Crippen LogP contribution in [0.15, 0.2) is 54.9 Å². The lowest BCUT2D eigenvalue weighted by atomic mass is 10.2. The topological polar surface area (TPSA) is 23.8 Å². The predicted octanol–water partition coefficient (Wildman–Crippen LogP) is 3.31. The number of piperazine rings is 1. The van der Waals surface area contributed by atoms with Crippen molar-refractivity contribution < 1.29 is 0 Å². The molecular weight excluding hydrogens is 308 g/mol. The van der Waals surface area contributed by atoms with Crippen LogP contribution in [-0.4, -0.2) is 40.5 Å². The highest BCUT2D eigenvalue weighted by Gasteiger charge is 2.19. The molecule has 0 N–H and O–H groups in total. The molecule has 0 bridgehead atoms. The lowest BCUT2D eigenvalue weighted by Gasteiger charge is -2.36. The lowest BCUT2D eigenvalue weighted by Crippen LogP contribution is -2.46. The van der Waals surface area contributed by atoms with Gasteiger partial charge in [-0.15, -0.1) is 0 Å². The highest BCUT2D eigenvalue weighted by molar-refractivity contribution is 6.33. The molecule has 2 aromatic heterocycles. The van der Waals surface area contributed by atoms with Gasteiger partial charge >= 0.3 is 0 Å². The van der Waals surface area contributed by atoms with Crippen LogP contribution in [0.5, 0.6) is 0 Å². The molecule has 1 saturated heterocycles. The van der Waals surface area contributed by atoms with Crippen LogP contribution >= 0.6 is 11.6 Å². The Bertz CT molecular complexity index is 772. The van der Waals surface area contributed by atoms with Crippen molar-refractivity contribution in [3.63, 3.8) is 0 Å². The Hall–Kier alpha value is -2.04. The third-order valence-electron chi connectivity index (χ3n) is 4.36. The van der Waals surface area contributed by atoms with Crippen molar-refractivity contribution in [2.45, 2.75) is 6.54 Å². The lowest BCUT2D eigenvalue weighted by molar-refractivity contribution is 0.247. The van der Waals surface area contributed by atoms with E-state index in [4.69, 9.17) is 11.6 Å². The van der Waals surface area contributed by atoms with E-state index in [9.17, 15) is 0 Å². The van der Waals surface area contributed by atoms with Gasteiger partial charge < -0.3 is 9.30 Å². The van der Waals surface area contributed by atoms with Gasteiger partial charge in [0.2, 0.25) is 0 Å². The molecule has 5 heteroatoms. The van der Waals surface area contributed by atoms with Crippen LogP contribution < -0.4 is 4.90 Å². The van der Waals surface area contributed by atoms with Crippen molar-refractivity contribution in [1.82, 2.24) is 14.3 Å². The highest BCUT2D eigenvalue weighted by atomic mass is 35.5. The molecule has 0 unspecified atom stereocenters. The summed E-state index contributed by atoms with van der Waals surface area (Å²) in [5, 5.41) is 0.835. The molecule has 0 saturated carbocycles. The number of hydrogen-bond acceptors (Lipinski definition) is 3. The average Bonchev–Trinajstić information content (AvgIpc) is 2.98. The maximum Gasteiger partial charge on any atom is 0.137 e. The van der Waals surface area contributed by atoms with Gasteiger partial charge in [0.25, 0.3) is 0 Å². The van der Waals surface area contributed by atoms with Crippen molar-refractivity contribution in [2.75, 3.05) is 31.1 Å². The molecule has 4 nitrogen and oxygen atoms in total. The normalized spacial score (nSPS) is 16.1. The predicted molar refractivity (Wildman–Crippen MR) is 94.1 cm³/mol. The largest absolute Gasteiger partial charge is 0.368 e. The fraction of sp³-hybridized carbons (Fsp3) is 0.278. The van der Waals surface area contributed by atoms with Crippen LogP contribution in [0.2, 0.25) is 5.02 Å². The van der Waals surface area contributed by atoms with Gasteiger partial charge in [0, 0.05) is 45.1 Å². The zero-order chi connectivity index (χ0) is 15.6. The number of hydrogen-bond donors (Lipinski definition) is 0. The Morgan fingerprint density at radius 3 is 2.52 bits per heavy atom. The SMILES string of the molecule is Clc1ccccc1N1CCN(Cc2cn3ccccc3n2)CC1. The molecule has 1 fully saturated rings. The zero-order valence-electron chi connectivity index (χ0n) is 12.9. The van der Waals surface area contributed by atoms with Crippen molar-refractivity contribution in [3.05, 3.63) is 65.6 Å². The van der Waals surface area contributed by atoms with Crippen LogP contribution in [0.1, 0.15) is 5.69 Å². The van der Waals surface area contributed by atoms with Gasteiger partial charge in [-0.05, 0) is 24.3 Å². The van der Waals surface area contributed by atoms with E-state index in [-0.39, 0.29) is 0 Å². The summed E-state index contributed by atoms with van der Waals surface area (Å²) in [6, 6.07) is 14.2. The van der Waals surface area contributed by atoms with Crippen molar-refractivity contribution in [2.24, 2.45) is 0 Å². The smallest absolute Gasteiger partial charge is 0.137 e. The summed E-state index contributed by atoms with van der Waals surface area (Å²) in [4.78, 5) is 9.50. The van der Waals surface area contributed by atoms with E-state index < -0.39 is 0 Å². The quantitative estimate of drug-likeness (QED) is 0.738. The minimum atomic E-state index is 0.835. The number of rotatable bonds is 3. The monoisotopic (exact) mass is 326 g/mol. The Kier molecular flexibility index (Phi) is 3.93. The van der Waals surface area contributed by atoms with E-state index >= 15 is 0 Å². The molecule has 0 amide bonds. The molecule has 1 aliphatic rings. The Labute approximate surface area is 140 Å². The van der Waals surface area contributed by atoms with Crippen molar-refractivity contribution in [3.8, 4) is 0 Å². The summed E-state index contributed by atoms with van der Waals surface area (Å²) < 4.78 is 2.08. The molecule has 3 aromatic rings. The van der Waals surface area contributed by atoms with E-state index in [1.807, 2.05) is 42.6 Å². The summed E-state index contributed by atoms with van der Waals surface area (Å²) in [6.07, 6.45) is 4.16. The van der Waals surface area contributed by atoms with E-state index in [2.05, 4.69) is 31.4 Å². The second-order valence-corrected chi connectivity index (χ2v) is 6.32. The summed E-state index contributed by atoms with van der Waals surface area (Å²) in [5.74, 6) is 0. The zero-order valence-corrected chi connectivity index (χ0v) is 13.7. The second kappa shape index (κ2) is 6.22. The minimum Gasteiger partial charge on any atom is -0.368 e. The van der Waals surface area contributed by atoms with Crippen LogP contribution in [0.25, 0.3) is 5.65 Å². The molecule has 23 heavy (non-hydrogen) atoms. The fourth-order valence-corrected chi connectivity index (χ4v) is 3.40. The molecule has 0 spiro atoms. The molecule has 0 radical (unpaired) electrons. The van der Waals surface area contributed by atoms with E-state index in [0.717, 1.165) is 54.8 Å². The second-order valence-electron chi connectivity index (χ2n) is 5.91. The summed E-state index contributed by atoms with van der Waals surface area (Å²) in [5.41, 5.74) is 3.28. The van der Waals surface area contributed by atoms with Crippen LogP contribution in [0.4, 0.5) is 5.69 Å². The molecule has 3 heterocycles. The minimum absolute atomic E-state index is 0.835. The first-order valence-corrected chi connectivity index (χ1v) is 8.32. The van der Waals surface area contributed by atoms with E-state index in [0.29, 0.717) is 0 Å². The average molecular weight is 327 g/mol. The standard InChI is InChI=1S/C18H19ClN4/c19-16-5-1-2-6-17(16)22-11-9-21(10-12-22)13-15-14-23-8-4-3-7-18(23)20-15/h1-8,14H,9-13H2. The first-order valence-electron chi connectivity index (χ1n) is 7.94. The molecule has 1 aromatic carbocycles. The number of anilines is 1.